The highest BCUT2D eigenvalue weighted by Gasteiger charge is 2.26. The average Bonchev–Trinajstić information content (AvgIpc) is 3.43. The van der Waals surface area contributed by atoms with Gasteiger partial charge in [0.1, 0.15) is 5.69 Å². The molecule has 1 atom stereocenters. The van der Waals surface area contributed by atoms with E-state index in [1.54, 1.807) is 12.4 Å². The van der Waals surface area contributed by atoms with E-state index in [0.29, 0.717) is 29.1 Å². The number of anilines is 1. The molecule has 1 N–H and O–H groups in total. The summed E-state index contributed by atoms with van der Waals surface area (Å²) in [4.78, 5) is 26.5. The molecule has 7 heteroatoms. The van der Waals surface area contributed by atoms with Crippen LogP contribution >= 0.6 is 0 Å². The van der Waals surface area contributed by atoms with Crippen molar-refractivity contribution in [3.63, 3.8) is 0 Å². The van der Waals surface area contributed by atoms with E-state index in [1.807, 2.05) is 66.1 Å². The van der Waals surface area contributed by atoms with E-state index in [1.165, 1.54) is 4.68 Å². The van der Waals surface area contributed by atoms with Gasteiger partial charge in [0, 0.05) is 31.2 Å². The van der Waals surface area contributed by atoms with Gasteiger partial charge in [-0.2, -0.15) is 9.78 Å². The van der Waals surface area contributed by atoms with Gasteiger partial charge in [-0.15, -0.1) is 0 Å². The van der Waals surface area contributed by atoms with Crippen molar-refractivity contribution in [2.75, 3.05) is 11.9 Å². The third-order valence-electron chi connectivity index (χ3n) is 5.80. The second kappa shape index (κ2) is 8.43. The number of fused-ring (bicyclic) bond motifs is 1. The molecule has 1 unspecified atom stereocenters. The fraction of sp³-hybridized carbons (Fsp3) is 0.240. The minimum absolute atomic E-state index is 0.0731. The molecule has 1 saturated heterocycles. The number of hydrogen-bond acceptors (Lipinski definition) is 4. The molecule has 0 bridgehead atoms. The molecule has 0 aromatic heterocycles. The zero-order valence-electron chi connectivity index (χ0n) is 17.8. The molecule has 0 spiro atoms. The highest BCUT2D eigenvalue weighted by molar-refractivity contribution is 6.08. The SMILES string of the molecule is Cc1ccccc1NC(=O)c1cn(CC2CCCO2)cc2c(=O)n(-c3ccccc3)nc1-2. The van der Waals surface area contributed by atoms with Crippen LogP contribution < -0.4 is 10.9 Å². The van der Waals surface area contributed by atoms with Gasteiger partial charge in [-0.1, -0.05) is 36.4 Å². The summed E-state index contributed by atoms with van der Waals surface area (Å²) in [5, 5.41) is 7.51. The summed E-state index contributed by atoms with van der Waals surface area (Å²) in [7, 11) is 0. The summed E-state index contributed by atoms with van der Waals surface area (Å²) in [5.74, 6) is -0.302. The summed E-state index contributed by atoms with van der Waals surface area (Å²) in [5.41, 5.74) is 3.24. The predicted octanol–water partition coefficient (Wildman–Crippen LogP) is 3.88. The van der Waals surface area contributed by atoms with Crippen LogP contribution in [-0.4, -0.2) is 33.0 Å². The molecule has 7 nitrogen and oxygen atoms in total. The molecule has 0 saturated carbocycles. The standard InChI is InChI=1S/C25H24N4O3/c1-17-8-5-6-12-22(17)26-24(30)20-15-28(14-19-11-7-13-32-19)16-21-23(20)27-29(25(21)31)18-9-3-2-4-10-18/h2-6,8-10,12,15-16,19H,7,11,13-14H2,1H3,(H,26,30). The Kier molecular flexibility index (Phi) is 5.33. The van der Waals surface area contributed by atoms with Crippen LogP contribution in [0.3, 0.4) is 0 Å². The average molecular weight is 428 g/mol. The van der Waals surface area contributed by atoms with Crippen LogP contribution in [0.1, 0.15) is 28.8 Å². The number of aryl methyl sites for hydroxylation is 1. The Bertz CT molecular complexity index is 1290. The molecule has 3 aliphatic rings. The van der Waals surface area contributed by atoms with Crippen LogP contribution in [0.5, 0.6) is 0 Å². The Hall–Kier alpha value is -3.71. The molecule has 0 radical (unpaired) electrons. The van der Waals surface area contributed by atoms with Crippen LogP contribution in [-0.2, 0) is 11.3 Å². The van der Waals surface area contributed by atoms with Gasteiger partial charge in [0.05, 0.1) is 22.9 Å². The van der Waals surface area contributed by atoms with Crippen molar-refractivity contribution in [2.24, 2.45) is 0 Å². The van der Waals surface area contributed by atoms with Gasteiger partial charge in [0.25, 0.3) is 11.5 Å². The van der Waals surface area contributed by atoms with Crippen molar-refractivity contribution in [2.45, 2.75) is 32.4 Å². The Morgan fingerprint density at radius 3 is 2.66 bits per heavy atom. The van der Waals surface area contributed by atoms with E-state index in [4.69, 9.17) is 4.74 Å². The number of nitrogens with zero attached hydrogens (tertiary/aromatic N) is 3. The van der Waals surface area contributed by atoms with Crippen molar-refractivity contribution in [1.82, 2.24) is 14.3 Å². The lowest BCUT2D eigenvalue weighted by atomic mass is 10.1. The topological polar surface area (TPSA) is 78.2 Å². The fourth-order valence-electron chi connectivity index (χ4n) is 4.10. The summed E-state index contributed by atoms with van der Waals surface area (Å²) >= 11 is 0. The quantitative estimate of drug-likeness (QED) is 0.523. The van der Waals surface area contributed by atoms with E-state index < -0.39 is 0 Å². The zero-order chi connectivity index (χ0) is 22.1. The highest BCUT2D eigenvalue weighted by atomic mass is 16.5. The van der Waals surface area contributed by atoms with Gasteiger partial charge in [-0.3, -0.25) is 9.59 Å². The van der Waals surface area contributed by atoms with Gasteiger partial charge < -0.3 is 14.6 Å². The number of nitrogens with one attached hydrogen (secondary N) is 1. The van der Waals surface area contributed by atoms with E-state index in [9.17, 15) is 9.59 Å². The first-order valence-electron chi connectivity index (χ1n) is 10.8. The van der Waals surface area contributed by atoms with Gasteiger partial charge in [0.15, 0.2) is 0 Å². The summed E-state index contributed by atoms with van der Waals surface area (Å²) in [6.07, 6.45) is 5.59. The van der Waals surface area contributed by atoms with Gasteiger partial charge in [-0.25, -0.2) is 0 Å². The number of carbonyl (C=O) groups excluding carboxylic acids is 1. The molecule has 1 fully saturated rings. The lowest BCUT2D eigenvalue weighted by molar-refractivity contribution is 0.0961. The molecule has 2 aromatic rings. The maximum Gasteiger partial charge on any atom is 0.282 e. The predicted molar refractivity (Wildman–Crippen MR) is 123 cm³/mol. The number of hydrogen-bond donors (Lipinski definition) is 1. The first-order valence-corrected chi connectivity index (χ1v) is 10.8. The molecule has 1 amide bonds. The number of amides is 1. The lowest BCUT2D eigenvalue weighted by Gasteiger charge is -2.16. The van der Waals surface area contributed by atoms with Gasteiger partial charge >= 0.3 is 0 Å². The molecule has 2 aromatic carbocycles. The first kappa shape index (κ1) is 20.2. The lowest BCUT2D eigenvalue weighted by Crippen LogP contribution is -2.21. The maximum atomic E-state index is 13.3. The highest BCUT2D eigenvalue weighted by Crippen LogP contribution is 2.25. The molecule has 162 valence electrons. The van der Waals surface area contributed by atoms with Crippen LogP contribution in [0.4, 0.5) is 5.69 Å². The van der Waals surface area contributed by atoms with Gasteiger partial charge in [0.2, 0.25) is 0 Å². The minimum Gasteiger partial charge on any atom is -0.376 e. The van der Waals surface area contributed by atoms with Crippen molar-refractivity contribution >= 4 is 11.6 Å². The largest absolute Gasteiger partial charge is 0.376 e. The first-order chi connectivity index (χ1) is 15.6. The molecule has 3 aliphatic heterocycles. The monoisotopic (exact) mass is 428 g/mol. The number of benzene rings is 2. The number of carbonyl (C=O) groups is 1. The smallest absolute Gasteiger partial charge is 0.282 e. The van der Waals surface area contributed by atoms with E-state index in [-0.39, 0.29) is 17.6 Å². The minimum atomic E-state index is -0.302. The van der Waals surface area contributed by atoms with Crippen LogP contribution in [0.2, 0.25) is 0 Å². The van der Waals surface area contributed by atoms with Crippen LogP contribution in [0.15, 0.2) is 71.8 Å². The zero-order valence-corrected chi connectivity index (χ0v) is 17.8. The van der Waals surface area contributed by atoms with Crippen molar-refractivity contribution in [3.8, 4) is 16.9 Å². The Balaban J connectivity index is 1.61. The molecule has 5 rings (SSSR count). The van der Waals surface area contributed by atoms with Gasteiger partial charge in [-0.05, 0) is 43.5 Å². The number of aromatic nitrogens is 3. The van der Waals surface area contributed by atoms with Crippen molar-refractivity contribution in [1.29, 1.82) is 0 Å². The van der Waals surface area contributed by atoms with Crippen LogP contribution in [0.25, 0.3) is 16.9 Å². The Morgan fingerprint density at radius 2 is 1.91 bits per heavy atom. The summed E-state index contributed by atoms with van der Waals surface area (Å²) in [6.45, 7) is 3.26. The summed E-state index contributed by atoms with van der Waals surface area (Å²) < 4.78 is 9.00. The second-order valence-electron chi connectivity index (χ2n) is 8.09. The Labute approximate surface area is 185 Å². The van der Waals surface area contributed by atoms with E-state index >= 15 is 0 Å². The molecular weight excluding hydrogens is 404 g/mol. The third kappa shape index (κ3) is 3.83. The Morgan fingerprint density at radius 1 is 1.12 bits per heavy atom. The fourth-order valence-corrected chi connectivity index (χ4v) is 4.10. The molecular formula is C25H24N4O3. The summed E-state index contributed by atoms with van der Waals surface area (Å²) in [6, 6.07) is 16.8. The number of para-hydroxylation sites is 2. The van der Waals surface area contributed by atoms with E-state index in [0.717, 1.165) is 30.7 Å². The molecule has 3 heterocycles. The third-order valence-corrected chi connectivity index (χ3v) is 5.80. The number of ether oxygens (including phenoxy) is 1. The normalized spacial score (nSPS) is 15.8. The number of pyridine rings is 1. The maximum absolute atomic E-state index is 13.3. The number of rotatable bonds is 5. The molecule has 32 heavy (non-hydrogen) atoms. The molecule has 0 aliphatic carbocycles. The van der Waals surface area contributed by atoms with Crippen molar-refractivity contribution in [3.05, 3.63) is 88.5 Å². The second-order valence-corrected chi connectivity index (χ2v) is 8.09. The van der Waals surface area contributed by atoms with Crippen molar-refractivity contribution < 1.29 is 9.53 Å². The van der Waals surface area contributed by atoms with E-state index in [2.05, 4.69) is 10.4 Å². The van der Waals surface area contributed by atoms with Crippen LogP contribution in [0, 0.1) is 6.92 Å².